The van der Waals surface area contributed by atoms with Crippen LogP contribution >= 0.6 is 0 Å². The predicted octanol–water partition coefficient (Wildman–Crippen LogP) is 7.33. The quantitative estimate of drug-likeness (QED) is 0.0779. The predicted molar refractivity (Wildman–Crippen MR) is 236 cm³/mol. The van der Waals surface area contributed by atoms with E-state index in [2.05, 4.69) is 26.1 Å². The smallest absolute Gasteiger partial charge is 0.269 e. The molecule has 354 valence electrons. The van der Waals surface area contributed by atoms with Crippen molar-refractivity contribution in [3.05, 3.63) is 52.1 Å². The zero-order chi connectivity index (χ0) is 46.2. The molecule has 0 bridgehead atoms. The molecule has 2 spiro atoms. The summed E-state index contributed by atoms with van der Waals surface area (Å²) in [5, 5.41) is 48.8. The van der Waals surface area contributed by atoms with Crippen LogP contribution in [0.4, 0.5) is 5.69 Å². The summed E-state index contributed by atoms with van der Waals surface area (Å²) in [6.07, 6.45) is 5.35. The van der Waals surface area contributed by atoms with E-state index < -0.39 is 81.9 Å². The molecule has 6 rings (SSSR count). The van der Waals surface area contributed by atoms with Gasteiger partial charge >= 0.3 is 0 Å². The van der Waals surface area contributed by atoms with Crippen molar-refractivity contribution in [1.29, 1.82) is 0 Å². The Labute approximate surface area is 374 Å². The first-order valence-electron chi connectivity index (χ1n) is 23.9. The molecule has 14 heteroatoms. The highest BCUT2D eigenvalue weighted by molar-refractivity contribution is 5.84. The van der Waals surface area contributed by atoms with Crippen LogP contribution in [0, 0.1) is 51.5 Å². The normalized spacial score (nSPS) is 40.6. The van der Waals surface area contributed by atoms with E-state index in [1.165, 1.54) is 12.1 Å². The van der Waals surface area contributed by atoms with Crippen molar-refractivity contribution in [2.75, 3.05) is 0 Å². The van der Waals surface area contributed by atoms with Crippen molar-refractivity contribution in [2.24, 2.45) is 41.4 Å². The lowest BCUT2D eigenvalue weighted by atomic mass is 9.72. The van der Waals surface area contributed by atoms with Crippen LogP contribution in [0.3, 0.4) is 0 Å². The van der Waals surface area contributed by atoms with Crippen molar-refractivity contribution < 1.29 is 53.5 Å². The fourth-order valence-corrected chi connectivity index (χ4v) is 11.6. The van der Waals surface area contributed by atoms with Crippen molar-refractivity contribution in [2.45, 2.75) is 205 Å². The fourth-order valence-electron chi connectivity index (χ4n) is 11.6. The standard InChI is InChI=1S/C49H76N2O12/c1-11-36(45(55)50-27-34-15-14-16-35(26-34)51(57)58)38-18-17-28(4)43(60-38)32(8)41(53)31(7)42(54)37(12-2)44-29(5)25-30(6)48(61-44)22-19-39(52)49(63-48)24-23-46(10,62-49)40-20-21-47(56,13-3)33(9)59-40/h14-16,19,22,26,28-33,36-41,43-44,52-53,56H,11-13,17-18,20-21,23-25,27H2,1-10H3,(H,50,55)/t28-,29-,30+,31-,32-,33-,36+,37-,38+,39+,40+,41+,43+,44-,46-,47+,48+,49+/m0/s1. The highest BCUT2D eigenvalue weighted by Crippen LogP contribution is 2.54. The van der Waals surface area contributed by atoms with Gasteiger partial charge in [-0.1, -0.05) is 67.5 Å². The van der Waals surface area contributed by atoms with Gasteiger partial charge in [0.05, 0.1) is 58.7 Å². The number of nitro groups is 1. The molecule has 0 saturated carbocycles. The average molecular weight is 885 g/mol. The van der Waals surface area contributed by atoms with E-state index >= 15 is 0 Å². The van der Waals surface area contributed by atoms with Gasteiger partial charge < -0.3 is 44.3 Å². The maximum atomic E-state index is 14.7. The monoisotopic (exact) mass is 885 g/mol. The zero-order valence-corrected chi connectivity index (χ0v) is 39.3. The van der Waals surface area contributed by atoms with Gasteiger partial charge in [-0.2, -0.15) is 0 Å². The van der Waals surface area contributed by atoms with Crippen molar-refractivity contribution >= 4 is 17.4 Å². The number of Topliss-reactive ketones (excluding diaryl/α,β-unsaturated/α-hetero) is 1. The Morgan fingerprint density at radius 3 is 2.32 bits per heavy atom. The largest absolute Gasteiger partial charge is 0.392 e. The number of carbonyl (C=O) groups is 2. The minimum Gasteiger partial charge on any atom is -0.392 e. The molecule has 63 heavy (non-hydrogen) atoms. The Kier molecular flexibility index (Phi) is 15.4. The molecule has 0 radical (unpaired) electrons. The van der Waals surface area contributed by atoms with Gasteiger partial charge in [0.1, 0.15) is 11.9 Å². The number of nitro benzene ring substituents is 1. The molecule has 1 amide bonds. The minimum atomic E-state index is -1.39. The van der Waals surface area contributed by atoms with E-state index in [-0.39, 0.29) is 53.9 Å². The number of aliphatic hydroxyl groups is 3. The van der Waals surface area contributed by atoms with Gasteiger partial charge in [0.25, 0.3) is 5.69 Å². The molecule has 0 unspecified atom stereocenters. The van der Waals surface area contributed by atoms with E-state index in [4.69, 9.17) is 23.7 Å². The maximum Gasteiger partial charge on any atom is 0.269 e. The summed E-state index contributed by atoms with van der Waals surface area (Å²) in [7, 11) is 0. The summed E-state index contributed by atoms with van der Waals surface area (Å²) in [5.74, 6) is -5.20. The summed E-state index contributed by atoms with van der Waals surface area (Å²) >= 11 is 0. The summed E-state index contributed by atoms with van der Waals surface area (Å²) in [6.45, 7) is 19.9. The van der Waals surface area contributed by atoms with Gasteiger partial charge in [-0.15, -0.1) is 0 Å². The van der Waals surface area contributed by atoms with Crippen LogP contribution in [0.25, 0.3) is 0 Å². The number of hydrogen-bond donors (Lipinski definition) is 4. The Balaban J connectivity index is 1.12. The van der Waals surface area contributed by atoms with Crippen LogP contribution < -0.4 is 5.32 Å². The Bertz CT molecular complexity index is 1810. The van der Waals surface area contributed by atoms with Crippen molar-refractivity contribution in [1.82, 2.24) is 5.32 Å². The lowest BCUT2D eigenvalue weighted by Gasteiger charge is -2.54. The Morgan fingerprint density at radius 1 is 0.952 bits per heavy atom. The van der Waals surface area contributed by atoms with E-state index in [1.807, 2.05) is 41.5 Å². The van der Waals surface area contributed by atoms with E-state index in [0.29, 0.717) is 63.4 Å². The molecule has 5 aliphatic rings. The molecule has 4 N–H and O–H groups in total. The van der Waals surface area contributed by atoms with E-state index in [1.54, 1.807) is 31.2 Å². The fraction of sp³-hybridized carbons (Fsp3) is 0.796. The molecule has 0 aliphatic carbocycles. The highest BCUT2D eigenvalue weighted by atomic mass is 16.8. The van der Waals surface area contributed by atoms with Crippen molar-refractivity contribution in [3.8, 4) is 0 Å². The number of nitrogens with one attached hydrogen (secondary N) is 1. The number of carbonyl (C=O) groups excluding carboxylic acids is 2. The number of non-ortho nitro benzene ring substituents is 1. The first-order chi connectivity index (χ1) is 29.7. The highest BCUT2D eigenvalue weighted by Gasteiger charge is 2.63. The number of hydrogen-bond acceptors (Lipinski definition) is 12. The van der Waals surface area contributed by atoms with Crippen molar-refractivity contribution in [3.63, 3.8) is 0 Å². The third-order valence-electron chi connectivity index (χ3n) is 16.1. The van der Waals surface area contributed by atoms with Crippen LogP contribution in [-0.4, -0.2) is 97.4 Å². The second-order valence-electron chi connectivity index (χ2n) is 20.2. The molecule has 14 nitrogen and oxygen atoms in total. The van der Waals surface area contributed by atoms with Crippen LogP contribution in [0.5, 0.6) is 0 Å². The molecular weight excluding hydrogens is 809 g/mol. The second-order valence-corrected chi connectivity index (χ2v) is 20.2. The topological polar surface area (TPSA) is 196 Å². The van der Waals surface area contributed by atoms with E-state index in [9.17, 15) is 35.0 Å². The number of aliphatic hydroxyl groups excluding tert-OH is 2. The lowest BCUT2D eigenvalue weighted by Crippen LogP contribution is -2.63. The number of nitrogens with zero attached hydrogens (tertiary/aromatic N) is 1. The summed E-state index contributed by atoms with van der Waals surface area (Å²) in [6, 6.07) is 6.21. The van der Waals surface area contributed by atoms with E-state index in [0.717, 1.165) is 6.42 Å². The zero-order valence-electron chi connectivity index (χ0n) is 39.3. The number of rotatable bonds is 15. The second kappa shape index (κ2) is 19.6. The Hall–Kier alpha value is -2.82. The van der Waals surface area contributed by atoms with Gasteiger partial charge in [-0.25, -0.2) is 0 Å². The van der Waals surface area contributed by atoms with Gasteiger partial charge in [-0.05, 0) is 101 Å². The van der Waals surface area contributed by atoms with Gasteiger partial charge in [-0.3, -0.25) is 19.7 Å². The molecule has 0 aromatic heterocycles. The van der Waals surface area contributed by atoms with Crippen LogP contribution in [0.2, 0.25) is 0 Å². The molecular formula is C49H76N2O12. The Morgan fingerprint density at radius 2 is 1.67 bits per heavy atom. The minimum absolute atomic E-state index is 0.0121. The van der Waals surface area contributed by atoms with Crippen LogP contribution in [0.15, 0.2) is 36.4 Å². The van der Waals surface area contributed by atoms with Gasteiger partial charge in [0.2, 0.25) is 11.7 Å². The molecule has 4 saturated heterocycles. The molecule has 1 aromatic rings. The molecule has 5 aliphatic heterocycles. The average Bonchev–Trinajstić information content (AvgIpc) is 3.61. The number of ether oxygens (including phenoxy) is 5. The number of benzene rings is 1. The lowest BCUT2D eigenvalue weighted by molar-refractivity contribution is -0.409. The SMILES string of the molecule is CC[C@@H](C(=O)[C@@H](C)[C@@H](O)[C@H](C)[C@@H]1O[C@@H]([C@@H](CC)C(=O)NCc2cccc([N+](=O)[O-])c2)CC[C@@H]1C)[C@H]1O[C@@]2(C=C[C@@H](O)[C@@]3(CC[C@@](C)([C@H]4CC[C@](O)(CC)[C@H](C)O4)O3)O2)[C@H](C)C[C@@H]1C. The third-order valence-corrected chi connectivity index (χ3v) is 16.1. The first-order valence-corrected chi connectivity index (χ1v) is 23.9. The molecule has 1 aromatic carbocycles. The first kappa shape index (κ1) is 49.6. The number of amides is 1. The summed E-state index contributed by atoms with van der Waals surface area (Å²) in [5.41, 5.74) is -1.07. The van der Waals surface area contributed by atoms with Gasteiger partial charge in [0.15, 0.2) is 5.79 Å². The van der Waals surface area contributed by atoms with Crippen LogP contribution in [0.1, 0.15) is 139 Å². The summed E-state index contributed by atoms with van der Waals surface area (Å²) < 4.78 is 33.9. The summed E-state index contributed by atoms with van der Waals surface area (Å²) in [4.78, 5) is 39.0. The van der Waals surface area contributed by atoms with Gasteiger partial charge in [0, 0.05) is 48.8 Å². The maximum absolute atomic E-state index is 14.7. The van der Waals surface area contributed by atoms with Crippen LogP contribution in [-0.2, 0) is 39.8 Å². The molecule has 5 heterocycles. The molecule has 4 fully saturated rings. The third kappa shape index (κ3) is 9.85. The number of ketones is 1. The molecule has 18 atom stereocenters.